The van der Waals surface area contributed by atoms with Crippen LogP contribution >= 0.6 is 8.86 Å². The van der Waals surface area contributed by atoms with Crippen LogP contribution in [0, 0.1) is 0 Å². The van der Waals surface area contributed by atoms with E-state index in [9.17, 15) is 0 Å². The molecule has 0 unspecified atom stereocenters. The van der Waals surface area contributed by atoms with Gasteiger partial charge in [0.25, 0.3) is 0 Å². The molecule has 0 saturated heterocycles. The highest BCUT2D eigenvalue weighted by atomic mass is 31.0. The highest BCUT2D eigenvalue weighted by Gasteiger charge is 2.34. The van der Waals surface area contributed by atoms with Crippen molar-refractivity contribution in [2.45, 2.75) is 65.0 Å². The quantitative estimate of drug-likeness (QED) is 0.489. The van der Waals surface area contributed by atoms with Gasteiger partial charge in [-0.05, 0) is 11.1 Å². The van der Waals surface area contributed by atoms with Crippen molar-refractivity contribution in [2.75, 3.05) is 0 Å². The highest BCUT2D eigenvalue weighted by molar-refractivity contribution is 7.55. The van der Waals surface area contributed by atoms with Crippen LogP contribution in [0.2, 0.25) is 37.3 Å². The first-order valence-corrected chi connectivity index (χ1v) is 12.2. The van der Waals surface area contributed by atoms with Crippen LogP contribution < -0.4 is 0 Å². The number of rotatable bonds is 4. The summed E-state index contributed by atoms with van der Waals surface area (Å²) in [5, 5.41) is 0. The van der Waals surface area contributed by atoms with E-state index in [1.54, 1.807) is 4.54 Å². The molecule has 0 atom stereocenters. The summed E-state index contributed by atoms with van der Waals surface area (Å²) in [4.78, 5) is 0. The molecular weight excluding hydrogens is 219 g/mol. The Hall–Kier alpha value is 0.604. The summed E-state index contributed by atoms with van der Waals surface area (Å²) in [6, 6.07) is 0. The van der Waals surface area contributed by atoms with Crippen LogP contribution in [0.1, 0.15) is 27.7 Å². The SMILES string of the molecule is CC(C)[Si](C)(C)C(=[P-])[Si](C)(C)C(C)C. The zero-order chi connectivity index (χ0) is 11.7. The molecule has 0 aromatic heterocycles. The Morgan fingerprint density at radius 3 is 1.14 bits per heavy atom. The first-order valence-electron chi connectivity index (χ1n) is 5.61. The second-order valence-corrected chi connectivity index (χ2v) is 18.1. The second-order valence-electron chi connectivity index (χ2n) is 6.10. The fourth-order valence-corrected chi connectivity index (χ4v) is 12.4. The third-order valence-electron chi connectivity index (χ3n) is 4.11. The van der Waals surface area contributed by atoms with Gasteiger partial charge in [-0.15, -0.1) is 0 Å². The predicted octanol–water partition coefficient (Wildman–Crippen LogP) is 4.88. The number of hydrogen-bond donors (Lipinski definition) is 0. The van der Waals surface area contributed by atoms with Gasteiger partial charge in [-0.2, -0.15) is 0 Å². The molecule has 0 bridgehead atoms. The van der Waals surface area contributed by atoms with Crippen LogP contribution in [-0.4, -0.2) is 20.7 Å². The molecule has 0 nitrogen and oxygen atoms in total. The van der Waals surface area contributed by atoms with Crippen molar-refractivity contribution in [2.24, 2.45) is 0 Å². The lowest BCUT2D eigenvalue weighted by molar-refractivity contribution is 1.02. The first kappa shape index (κ1) is 14.6. The topological polar surface area (TPSA) is 0 Å². The summed E-state index contributed by atoms with van der Waals surface area (Å²) < 4.78 is 1.61. The largest absolute Gasteiger partial charge is 0.741 e. The van der Waals surface area contributed by atoms with Gasteiger partial charge in [-0.1, -0.05) is 53.9 Å². The maximum atomic E-state index is 4.91. The van der Waals surface area contributed by atoms with Crippen LogP contribution in [-0.2, 0) is 0 Å². The molecule has 0 N–H and O–H groups in total. The number of hydrogen-bond acceptors (Lipinski definition) is 0. The van der Waals surface area contributed by atoms with E-state index in [2.05, 4.69) is 53.9 Å². The minimum absolute atomic E-state index is 0.806. The van der Waals surface area contributed by atoms with E-state index in [4.69, 9.17) is 8.86 Å². The van der Waals surface area contributed by atoms with E-state index in [0.29, 0.717) is 0 Å². The minimum atomic E-state index is -1.24. The zero-order valence-electron chi connectivity index (χ0n) is 11.1. The Labute approximate surface area is 94.7 Å². The fraction of sp³-hybridized carbons (Fsp3) is 0.909. The van der Waals surface area contributed by atoms with E-state index in [0.717, 1.165) is 11.1 Å². The van der Waals surface area contributed by atoms with Crippen LogP contribution in [0.15, 0.2) is 0 Å². The summed E-state index contributed by atoms with van der Waals surface area (Å²) >= 11 is 0. The van der Waals surface area contributed by atoms with Gasteiger partial charge in [0.2, 0.25) is 0 Å². The molecule has 84 valence electrons. The van der Waals surface area contributed by atoms with E-state index in [-0.39, 0.29) is 0 Å². The standard InChI is InChI=1S/C11H26PSi2/c1-9(2)13(5,6)11(12)14(7,8)10(3)4/h9-10H,1-8H3/q-1. The van der Waals surface area contributed by atoms with Gasteiger partial charge >= 0.3 is 0 Å². The molecule has 0 aliphatic rings. The van der Waals surface area contributed by atoms with Crippen molar-refractivity contribution in [3.8, 4) is 0 Å². The Morgan fingerprint density at radius 2 is 1.00 bits per heavy atom. The summed E-state index contributed by atoms with van der Waals surface area (Å²) in [6.45, 7) is 19.3. The second kappa shape index (κ2) is 4.63. The molecular formula is C11H26PSi2-. The van der Waals surface area contributed by atoms with Gasteiger partial charge in [-0.25, -0.2) is 0 Å². The summed E-state index contributed by atoms with van der Waals surface area (Å²) in [6.07, 6.45) is 0. The lowest BCUT2D eigenvalue weighted by atomic mass is 10.6. The van der Waals surface area contributed by atoms with Crippen LogP contribution in [0.3, 0.4) is 0 Å². The lowest BCUT2D eigenvalue weighted by Gasteiger charge is -2.47. The maximum Gasteiger partial charge on any atom is 0.0401 e. The van der Waals surface area contributed by atoms with Gasteiger partial charge < -0.3 is 8.86 Å². The molecule has 0 radical (unpaired) electrons. The summed E-state index contributed by atoms with van der Waals surface area (Å²) in [5.41, 5.74) is 1.61. The first-order chi connectivity index (χ1) is 6.04. The maximum absolute atomic E-state index is 4.91. The van der Waals surface area contributed by atoms with E-state index in [1.807, 2.05) is 0 Å². The molecule has 0 aromatic carbocycles. The molecule has 0 amide bonds. The average molecular weight is 245 g/mol. The van der Waals surface area contributed by atoms with Crippen molar-refractivity contribution in [3.63, 3.8) is 0 Å². The van der Waals surface area contributed by atoms with E-state index < -0.39 is 16.1 Å². The van der Waals surface area contributed by atoms with Gasteiger partial charge in [0.1, 0.15) is 0 Å². The van der Waals surface area contributed by atoms with Crippen LogP contribution in [0.4, 0.5) is 0 Å². The molecule has 14 heavy (non-hydrogen) atoms. The molecule has 0 rings (SSSR count). The zero-order valence-corrected chi connectivity index (χ0v) is 14.0. The molecule has 0 aliphatic carbocycles. The van der Waals surface area contributed by atoms with Crippen LogP contribution in [0.5, 0.6) is 0 Å². The smallest absolute Gasteiger partial charge is 0.0401 e. The van der Waals surface area contributed by atoms with Gasteiger partial charge in [0.15, 0.2) is 0 Å². The Balaban J connectivity index is 4.96. The molecule has 0 aliphatic heterocycles. The van der Waals surface area contributed by atoms with Crippen molar-refractivity contribution in [3.05, 3.63) is 0 Å². The van der Waals surface area contributed by atoms with Crippen molar-refractivity contribution in [1.82, 2.24) is 0 Å². The molecule has 0 aromatic rings. The molecule has 3 heteroatoms. The van der Waals surface area contributed by atoms with Gasteiger partial charge in [-0.3, -0.25) is 4.54 Å². The van der Waals surface area contributed by atoms with E-state index >= 15 is 0 Å². The predicted molar refractivity (Wildman–Crippen MR) is 77.1 cm³/mol. The van der Waals surface area contributed by atoms with Gasteiger partial charge in [0.05, 0.1) is 0 Å². The van der Waals surface area contributed by atoms with Crippen molar-refractivity contribution in [1.29, 1.82) is 0 Å². The molecule has 0 heterocycles. The average Bonchev–Trinajstić information content (AvgIpc) is 2.02. The summed E-state index contributed by atoms with van der Waals surface area (Å²) in [7, 11) is 2.43. The normalized spacial score (nSPS) is 13.9. The van der Waals surface area contributed by atoms with E-state index in [1.165, 1.54) is 0 Å². The Morgan fingerprint density at radius 1 is 0.786 bits per heavy atom. The monoisotopic (exact) mass is 245 g/mol. The Bertz CT molecular complexity index is 195. The third-order valence-corrected chi connectivity index (χ3v) is 19.6. The lowest BCUT2D eigenvalue weighted by Crippen LogP contribution is -2.54. The van der Waals surface area contributed by atoms with Crippen molar-refractivity contribution < 1.29 is 0 Å². The fourth-order valence-electron chi connectivity index (χ4n) is 1.38. The van der Waals surface area contributed by atoms with Crippen molar-refractivity contribution >= 4 is 29.6 Å². The molecule has 0 saturated carbocycles. The molecule has 0 spiro atoms. The van der Waals surface area contributed by atoms with Gasteiger partial charge in [0, 0.05) is 16.1 Å². The Kier molecular flexibility index (Phi) is 4.83. The molecule has 0 fully saturated rings. The minimum Gasteiger partial charge on any atom is -0.741 e. The summed E-state index contributed by atoms with van der Waals surface area (Å²) in [5.74, 6) is 0. The highest BCUT2D eigenvalue weighted by Crippen LogP contribution is 2.32. The third kappa shape index (κ3) is 2.80. The van der Waals surface area contributed by atoms with Crippen LogP contribution in [0.25, 0.3) is 0 Å².